The molecule has 102 valence electrons. The molecule has 0 saturated carbocycles. The third-order valence-corrected chi connectivity index (χ3v) is 2.28. The highest BCUT2D eigenvalue weighted by atomic mass is 16.6. The lowest BCUT2D eigenvalue weighted by Crippen LogP contribution is -2.24. The number of hydrazone groups is 1. The van der Waals surface area contributed by atoms with Crippen LogP contribution in [0.25, 0.3) is 0 Å². The van der Waals surface area contributed by atoms with Gasteiger partial charge in [0.15, 0.2) is 0 Å². The lowest BCUT2D eigenvalue weighted by Gasteiger charge is -2.03. The molecule has 7 nitrogen and oxygen atoms in total. The molecule has 1 aromatic rings. The van der Waals surface area contributed by atoms with E-state index in [2.05, 4.69) is 10.5 Å². The summed E-state index contributed by atoms with van der Waals surface area (Å²) in [5.41, 5.74) is 3.61. The van der Waals surface area contributed by atoms with E-state index in [9.17, 15) is 14.9 Å². The summed E-state index contributed by atoms with van der Waals surface area (Å²) in [6.07, 6.45) is 0. The molecule has 0 radical (unpaired) electrons. The number of ether oxygens (including phenoxy) is 1. The van der Waals surface area contributed by atoms with Crippen LogP contribution in [-0.2, 0) is 9.53 Å². The van der Waals surface area contributed by atoms with Crippen molar-refractivity contribution in [2.24, 2.45) is 5.10 Å². The molecule has 0 aromatic heterocycles. The first-order valence-corrected chi connectivity index (χ1v) is 5.70. The second kappa shape index (κ2) is 7.22. The molecular formula is C12H15N3O4. The summed E-state index contributed by atoms with van der Waals surface area (Å²) < 4.78 is 4.92. The quantitative estimate of drug-likeness (QED) is 0.478. The highest BCUT2D eigenvalue weighted by molar-refractivity contribution is 5.99. The van der Waals surface area contributed by atoms with Crippen LogP contribution in [0.2, 0.25) is 0 Å². The highest BCUT2D eigenvalue weighted by Crippen LogP contribution is 2.12. The summed E-state index contributed by atoms with van der Waals surface area (Å²) in [4.78, 5) is 21.3. The molecule has 0 atom stereocenters. The molecule has 0 aliphatic rings. The Bertz CT molecular complexity index is 482. The van der Waals surface area contributed by atoms with Gasteiger partial charge in [0.05, 0.1) is 10.6 Å². The van der Waals surface area contributed by atoms with Crippen molar-refractivity contribution in [3.05, 3.63) is 39.9 Å². The monoisotopic (exact) mass is 265 g/mol. The van der Waals surface area contributed by atoms with Crippen LogP contribution in [0.3, 0.4) is 0 Å². The Morgan fingerprint density at radius 1 is 1.42 bits per heavy atom. The van der Waals surface area contributed by atoms with Gasteiger partial charge in [-0.25, -0.2) is 5.43 Å². The van der Waals surface area contributed by atoms with Crippen LogP contribution in [0, 0.1) is 10.1 Å². The van der Waals surface area contributed by atoms with Gasteiger partial charge in [0.2, 0.25) is 0 Å². The van der Waals surface area contributed by atoms with Crippen molar-refractivity contribution in [2.45, 2.75) is 13.8 Å². The zero-order valence-electron chi connectivity index (χ0n) is 10.8. The topological polar surface area (TPSA) is 93.8 Å². The SMILES string of the molecule is CCOCC(=O)N/N=C(/C)c1ccc([N+](=O)[O-])cc1. The van der Waals surface area contributed by atoms with Gasteiger partial charge in [-0.1, -0.05) is 0 Å². The zero-order chi connectivity index (χ0) is 14.3. The van der Waals surface area contributed by atoms with Gasteiger partial charge in [0, 0.05) is 18.7 Å². The molecule has 1 aromatic carbocycles. The van der Waals surface area contributed by atoms with Crippen LogP contribution < -0.4 is 5.43 Å². The number of nitrogens with zero attached hydrogens (tertiary/aromatic N) is 2. The summed E-state index contributed by atoms with van der Waals surface area (Å²) in [6.45, 7) is 3.90. The molecule has 0 aliphatic heterocycles. The minimum atomic E-state index is -0.472. The number of nitrogens with one attached hydrogen (secondary N) is 1. The van der Waals surface area contributed by atoms with Gasteiger partial charge in [0.25, 0.3) is 11.6 Å². The highest BCUT2D eigenvalue weighted by Gasteiger charge is 2.06. The number of rotatable bonds is 6. The predicted octanol–water partition coefficient (Wildman–Crippen LogP) is 1.47. The lowest BCUT2D eigenvalue weighted by atomic mass is 10.1. The molecule has 1 amide bonds. The number of benzene rings is 1. The van der Waals surface area contributed by atoms with Crippen molar-refractivity contribution in [1.82, 2.24) is 5.43 Å². The van der Waals surface area contributed by atoms with Gasteiger partial charge in [-0.15, -0.1) is 0 Å². The maximum Gasteiger partial charge on any atom is 0.269 e. The molecule has 1 rings (SSSR count). The Kier molecular flexibility index (Phi) is 5.62. The molecule has 1 N–H and O–H groups in total. The number of nitro benzene ring substituents is 1. The van der Waals surface area contributed by atoms with Gasteiger partial charge in [0.1, 0.15) is 6.61 Å². The molecule has 0 aliphatic carbocycles. The van der Waals surface area contributed by atoms with E-state index in [1.54, 1.807) is 26.0 Å². The van der Waals surface area contributed by atoms with E-state index >= 15 is 0 Å². The number of nitro groups is 1. The second-order valence-corrected chi connectivity index (χ2v) is 3.67. The minimum Gasteiger partial charge on any atom is -0.372 e. The van der Waals surface area contributed by atoms with Gasteiger partial charge in [-0.05, 0) is 31.5 Å². The maximum atomic E-state index is 11.2. The summed E-state index contributed by atoms with van der Waals surface area (Å²) in [5.74, 6) is -0.344. The molecule has 0 saturated heterocycles. The fourth-order valence-electron chi connectivity index (χ4n) is 1.26. The van der Waals surface area contributed by atoms with Gasteiger partial charge < -0.3 is 4.74 Å². The maximum absolute atomic E-state index is 11.2. The molecular weight excluding hydrogens is 250 g/mol. The Morgan fingerprint density at radius 3 is 2.58 bits per heavy atom. The Labute approximate surface area is 110 Å². The van der Waals surface area contributed by atoms with Crippen molar-refractivity contribution < 1.29 is 14.5 Å². The molecule has 0 spiro atoms. The average molecular weight is 265 g/mol. The fourth-order valence-corrected chi connectivity index (χ4v) is 1.26. The van der Waals surface area contributed by atoms with Gasteiger partial charge in [-0.3, -0.25) is 14.9 Å². The zero-order valence-corrected chi connectivity index (χ0v) is 10.8. The number of hydrogen-bond donors (Lipinski definition) is 1. The molecule has 0 unspecified atom stereocenters. The van der Waals surface area contributed by atoms with Gasteiger partial charge >= 0.3 is 0 Å². The second-order valence-electron chi connectivity index (χ2n) is 3.67. The smallest absolute Gasteiger partial charge is 0.269 e. The third kappa shape index (κ3) is 4.84. The van der Waals surface area contributed by atoms with Crippen LogP contribution in [0.1, 0.15) is 19.4 Å². The number of amides is 1. The van der Waals surface area contributed by atoms with E-state index in [1.165, 1.54) is 12.1 Å². The molecule has 0 heterocycles. The number of carbonyl (C=O) groups excluding carboxylic acids is 1. The first kappa shape index (κ1) is 14.8. The van der Waals surface area contributed by atoms with Crippen LogP contribution in [0.5, 0.6) is 0 Å². The number of hydrogen-bond acceptors (Lipinski definition) is 5. The van der Waals surface area contributed by atoms with E-state index in [4.69, 9.17) is 4.74 Å². The third-order valence-electron chi connectivity index (χ3n) is 2.28. The Morgan fingerprint density at radius 2 is 2.05 bits per heavy atom. The molecule has 0 fully saturated rings. The van der Waals surface area contributed by atoms with Crippen LogP contribution in [0.15, 0.2) is 29.4 Å². The van der Waals surface area contributed by atoms with Crippen molar-refractivity contribution in [3.8, 4) is 0 Å². The summed E-state index contributed by atoms with van der Waals surface area (Å²) in [7, 11) is 0. The lowest BCUT2D eigenvalue weighted by molar-refractivity contribution is -0.384. The first-order chi connectivity index (χ1) is 9.04. The van der Waals surface area contributed by atoms with E-state index in [1.807, 2.05) is 0 Å². The van der Waals surface area contributed by atoms with Crippen LogP contribution in [-0.4, -0.2) is 29.8 Å². The Hall–Kier alpha value is -2.28. The summed E-state index contributed by atoms with van der Waals surface area (Å²) in [6, 6.07) is 5.92. The normalized spacial score (nSPS) is 11.2. The largest absolute Gasteiger partial charge is 0.372 e. The van der Waals surface area contributed by atoms with E-state index < -0.39 is 4.92 Å². The van der Waals surface area contributed by atoms with Crippen LogP contribution in [0.4, 0.5) is 5.69 Å². The van der Waals surface area contributed by atoms with Crippen molar-refractivity contribution in [1.29, 1.82) is 0 Å². The molecule has 0 bridgehead atoms. The number of carbonyl (C=O) groups is 1. The van der Waals surface area contributed by atoms with Crippen molar-refractivity contribution in [2.75, 3.05) is 13.2 Å². The Balaban J connectivity index is 2.63. The van der Waals surface area contributed by atoms with E-state index in [0.717, 1.165) is 0 Å². The molecule has 19 heavy (non-hydrogen) atoms. The van der Waals surface area contributed by atoms with Crippen LogP contribution >= 0.6 is 0 Å². The van der Waals surface area contributed by atoms with Crippen molar-refractivity contribution >= 4 is 17.3 Å². The minimum absolute atomic E-state index is 0.0110. The molecule has 7 heteroatoms. The summed E-state index contributed by atoms with van der Waals surface area (Å²) >= 11 is 0. The van der Waals surface area contributed by atoms with E-state index in [-0.39, 0.29) is 18.2 Å². The van der Waals surface area contributed by atoms with Crippen molar-refractivity contribution in [3.63, 3.8) is 0 Å². The average Bonchev–Trinajstić information content (AvgIpc) is 2.42. The fraction of sp³-hybridized carbons (Fsp3) is 0.333. The predicted molar refractivity (Wildman–Crippen MR) is 69.9 cm³/mol. The van der Waals surface area contributed by atoms with E-state index in [0.29, 0.717) is 17.9 Å². The standard InChI is InChI=1S/C12H15N3O4/c1-3-19-8-12(16)14-13-9(2)10-4-6-11(7-5-10)15(17)18/h4-7H,3,8H2,1-2H3,(H,14,16)/b13-9-. The van der Waals surface area contributed by atoms with Gasteiger partial charge in [-0.2, -0.15) is 5.10 Å². The first-order valence-electron chi connectivity index (χ1n) is 5.70. The number of non-ortho nitro benzene ring substituents is 1. The summed E-state index contributed by atoms with van der Waals surface area (Å²) in [5, 5.41) is 14.4.